The van der Waals surface area contributed by atoms with Gasteiger partial charge in [0.15, 0.2) is 4.80 Å². The second kappa shape index (κ2) is 12.8. The first-order valence-electron chi connectivity index (χ1n) is 12.3. The number of aromatic nitrogens is 1. The zero-order chi connectivity index (χ0) is 28.3. The van der Waals surface area contributed by atoms with E-state index in [2.05, 4.69) is 56.8 Å². The highest BCUT2D eigenvalue weighted by atomic mass is 127. The molecule has 1 aliphatic heterocycles. The molecule has 0 fully saturated rings. The van der Waals surface area contributed by atoms with Crippen LogP contribution in [0.25, 0.3) is 6.08 Å². The van der Waals surface area contributed by atoms with E-state index in [0.717, 1.165) is 24.0 Å². The molecule has 7 nitrogen and oxygen atoms in total. The molecule has 0 amide bonds. The summed E-state index contributed by atoms with van der Waals surface area (Å²) in [6, 6.07) is 10.7. The third-order valence-electron chi connectivity index (χ3n) is 5.76. The maximum Gasteiger partial charge on any atom is 0.338 e. The smallest absolute Gasteiger partial charge is 0.338 e. The molecule has 0 bridgehead atoms. The molecule has 3 aromatic rings. The fourth-order valence-corrected chi connectivity index (χ4v) is 7.36. The van der Waals surface area contributed by atoms with Gasteiger partial charge in [-0.3, -0.25) is 9.36 Å². The van der Waals surface area contributed by atoms with Crippen molar-refractivity contribution in [3.05, 3.63) is 98.3 Å². The molecule has 1 aromatic heterocycles. The van der Waals surface area contributed by atoms with Gasteiger partial charge in [0, 0.05) is 0 Å². The minimum Gasteiger partial charge on any atom is -0.494 e. The molecular weight excluding hydrogens is 742 g/mol. The van der Waals surface area contributed by atoms with Crippen LogP contribution in [0.1, 0.15) is 44.9 Å². The zero-order valence-corrected chi connectivity index (χ0v) is 27.1. The Labute approximate surface area is 258 Å². The summed E-state index contributed by atoms with van der Waals surface area (Å²) in [5.74, 6) is 1.01. The van der Waals surface area contributed by atoms with Crippen molar-refractivity contribution in [1.29, 1.82) is 0 Å². The highest BCUT2D eigenvalue weighted by molar-refractivity contribution is 14.1. The maximum absolute atomic E-state index is 13.9. The number of hydrogen-bond acceptors (Lipinski definition) is 7. The van der Waals surface area contributed by atoms with Crippen molar-refractivity contribution in [2.75, 3.05) is 13.2 Å². The quantitative estimate of drug-likeness (QED) is 0.167. The van der Waals surface area contributed by atoms with E-state index >= 15 is 0 Å². The topological polar surface area (TPSA) is 79.1 Å². The molecule has 10 heteroatoms. The fraction of sp³-hybridized carbons (Fsp3) is 0.276. The van der Waals surface area contributed by atoms with E-state index in [1.165, 1.54) is 11.3 Å². The predicted molar refractivity (Wildman–Crippen MR) is 170 cm³/mol. The van der Waals surface area contributed by atoms with Crippen LogP contribution in [0.2, 0.25) is 0 Å². The maximum atomic E-state index is 13.9. The van der Waals surface area contributed by atoms with Crippen LogP contribution in [0.15, 0.2) is 70.1 Å². The van der Waals surface area contributed by atoms with Gasteiger partial charge < -0.3 is 14.2 Å². The Balaban J connectivity index is 1.87. The van der Waals surface area contributed by atoms with Crippen LogP contribution in [-0.2, 0) is 9.53 Å². The monoisotopic (exact) mass is 770 g/mol. The number of thiazole rings is 1. The van der Waals surface area contributed by atoms with Gasteiger partial charge in [0.25, 0.3) is 5.56 Å². The summed E-state index contributed by atoms with van der Waals surface area (Å²) < 4.78 is 20.9. The molecule has 0 saturated carbocycles. The second-order valence-corrected chi connectivity index (χ2v) is 12.3. The van der Waals surface area contributed by atoms with Crippen molar-refractivity contribution in [3.8, 4) is 11.5 Å². The number of ether oxygens (including phenoxy) is 3. The summed E-state index contributed by atoms with van der Waals surface area (Å²) in [5, 5.41) is 0. The Morgan fingerprint density at radius 3 is 2.44 bits per heavy atom. The molecule has 4 rings (SSSR count). The molecule has 204 valence electrons. The summed E-state index contributed by atoms with van der Waals surface area (Å²) in [7, 11) is 0. The van der Waals surface area contributed by atoms with Gasteiger partial charge >= 0.3 is 5.97 Å². The number of allylic oxidation sites excluding steroid dienone is 1. The number of hydrogen-bond donors (Lipinski definition) is 0. The SMILES string of the molecule is C=CCOc1c(I)cc(/C=c2/sc3n(c2=O)[C@H](c2ccc(OCC)cc2)C(C(=O)OC(C)C)=C(C)N=3)cc1I. The first kappa shape index (κ1) is 29.5. The predicted octanol–water partition coefficient (Wildman–Crippen LogP) is 5.36. The number of carbonyl (C=O) groups is 1. The minimum absolute atomic E-state index is 0.225. The lowest BCUT2D eigenvalue weighted by Gasteiger charge is -2.25. The van der Waals surface area contributed by atoms with Gasteiger partial charge in [-0.25, -0.2) is 9.79 Å². The molecular formula is C29H28I2N2O5S. The van der Waals surface area contributed by atoms with Gasteiger partial charge in [-0.2, -0.15) is 0 Å². The molecule has 2 aromatic carbocycles. The van der Waals surface area contributed by atoms with E-state index in [1.807, 2.05) is 49.4 Å². The highest BCUT2D eigenvalue weighted by Crippen LogP contribution is 2.32. The number of benzene rings is 2. The summed E-state index contributed by atoms with van der Waals surface area (Å²) in [6.45, 7) is 12.0. The number of esters is 1. The third-order valence-corrected chi connectivity index (χ3v) is 8.34. The second-order valence-electron chi connectivity index (χ2n) is 8.95. The number of halogens is 2. The number of carbonyl (C=O) groups excluding carboxylic acids is 1. The first-order valence-corrected chi connectivity index (χ1v) is 15.3. The molecule has 1 aliphatic rings. The van der Waals surface area contributed by atoms with Crippen molar-refractivity contribution < 1.29 is 19.0 Å². The summed E-state index contributed by atoms with van der Waals surface area (Å²) in [6.07, 6.45) is 3.24. The highest BCUT2D eigenvalue weighted by Gasteiger charge is 2.33. The van der Waals surface area contributed by atoms with Gasteiger partial charge in [0.1, 0.15) is 18.1 Å². The Hall–Kier alpha value is -2.45. The summed E-state index contributed by atoms with van der Waals surface area (Å²) >= 11 is 5.76. The van der Waals surface area contributed by atoms with Crippen LogP contribution in [0.5, 0.6) is 11.5 Å². The Bertz CT molecular complexity index is 1600. The zero-order valence-electron chi connectivity index (χ0n) is 22.0. The van der Waals surface area contributed by atoms with Crippen LogP contribution in [0, 0.1) is 7.14 Å². The van der Waals surface area contributed by atoms with E-state index in [9.17, 15) is 9.59 Å². The van der Waals surface area contributed by atoms with Crippen molar-refractivity contribution in [2.45, 2.75) is 39.8 Å². The molecule has 0 saturated heterocycles. The summed E-state index contributed by atoms with van der Waals surface area (Å²) in [5.41, 5.74) is 2.29. The largest absolute Gasteiger partial charge is 0.494 e. The molecule has 0 N–H and O–H groups in total. The van der Waals surface area contributed by atoms with Crippen molar-refractivity contribution in [1.82, 2.24) is 4.57 Å². The van der Waals surface area contributed by atoms with Gasteiger partial charge in [-0.05, 0) is 114 Å². The van der Waals surface area contributed by atoms with Gasteiger partial charge in [0.05, 0.1) is 41.7 Å². The van der Waals surface area contributed by atoms with E-state index in [0.29, 0.717) is 39.6 Å². The van der Waals surface area contributed by atoms with Gasteiger partial charge in [0.2, 0.25) is 0 Å². The number of nitrogens with zero attached hydrogens (tertiary/aromatic N) is 2. The molecule has 0 radical (unpaired) electrons. The third kappa shape index (κ3) is 6.49. The molecule has 39 heavy (non-hydrogen) atoms. The number of rotatable bonds is 9. The Kier molecular flexibility index (Phi) is 9.70. The van der Waals surface area contributed by atoms with Gasteiger partial charge in [-0.15, -0.1) is 0 Å². The van der Waals surface area contributed by atoms with Crippen LogP contribution >= 0.6 is 56.5 Å². The van der Waals surface area contributed by atoms with Crippen molar-refractivity contribution >= 4 is 68.6 Å². The van der Waals surface area contributed by atoms with E-state index in [-0.39, 0.29) is 11.7 Å². The van der Waals surface area contributed by atoms with Crippen LogP contribution in [-0.4, -0.2) is 29.9 Å². The van der Waals surface area contributed by atoms with E-state index in [1.54, 1.807) is 31.4 Å². The summed E-state index contributed by atoms with van der Waals surface area (Å²) in [4.78, 5) is 32.4. The molecule has 2 heterocycles. The molecule has 0 aliphatic carbocycles. The van der Waals surface area contributed by atoms with E-state index < -0.39 is 12.0 Å². The molecule has 0 unspecified atom stereocenters. The Morgan fingerprint density at radius 1 is 1.18 bits per heavy atom. The van der Waals surface area contributed by atoms with Gasteiger partial charge in [-0.1, -0.05) is 36.1 Å². The lowest BCUT2D eigenvalue weighted by molar-refractivity contribution is -0.143. The molecule has 1 atom stereocenters. The van der Waals surface area contributed by atoms with E-state index in [4.69, 9.17) is 14.2 Å². The fourth-order valence-electron chi connectivity index (χ4n) is 4.18. The normalized spacial score (nSPS) is 15.2. The van der Waals surface area contributed by atoms with Crippen LogP contribution in [0.4, 0.5) is 0 Å². The van der Waals surface area contributed by atoms with Crippen molar-refractivity contribution in [2.24, 2.45) is 4.99 Å². The standard InChI is InChI=1S/C29H28I2N2O5S/c1-6-12-37-26-21(30)13-18(14-22(26)31)15-23-27(34)33-25(19-8-10-20(11-9-19)36-7-2)24(28(35)38-16(3)4)17(5)32-29(33)39-23/h6,8-11,13-16,25H,1,7,12H2,2-5H3/b23-15+/t25-/m1/s1. The average molecular weight is 770 g/mol. The lowest BCUT2D eigenvalue weighted by Crippen LogP contribution is -2.40. The first-order chi connectivity index (χ1) is 18.6. The van der Waals surface area contributed by atoms with Crippen LogP contribution in [0.3, 0.4) is 0 Å². The lowest BCUT2D eigenvalue weighted by atomic mass is 9.96. The minimum atomic E-state index is -0.680. The number of fused-ring (bicyclic) bond motifs is 1. The Morgan fingerprint density at radius 2 is 1.85 bits per heavy atom. The molecule has 0 spiro atoms. The van der Waals surface area contributed by atoms with Crippen LogP contribution < -0.4 is 24.4 Å². The average Bonchev–Trinajstić information content (AvgIpc) is 3.17. The van der Waals surface area contributed by atoms with Crippen molar-refractivity contribution in [3.63, 3.8) is 0 Å².